The highest BCUT2D eigenvalue weighted by Crippen LogP contribution is 2.25. The second-order valence-corrected chi connectivity index (χ2v) is 6.61. The standard InChI is InChI=1S/C15H25N3O2S/c1-11-5-3-4-6-13(11)20-8-7-16-15(19)17-9-14-18-12(2)10-21-14/h10-11,13H,3-9H2,1-2H3,(H2,16,17,19). The third-order valence-electron chi connectivity index (χ3n) is 3.82. The van der Waals surface area contributed by atoms with Gasteiger partial charge in [0.15, 0.2) is 0 Å². The van der Waals surface area contributed by atoms with E-state index in [0.29, 0.717) is 31.7 Å². The Morgan fingerprint density at radius 2 is 2.24 bits per heavy atom. The van der Waals surface area contributed by atoms with E-state index in [-0.39, 0.29) is 6.03 Å². The first-order valence-electron chi connectivity index (χ1n) is 7.69. The zero-order valence-corrected chi connectivity index (χ0v) is 13.7. The molecular formula is C15H25N3O2S. The summed E-state index contributed by atoms with van der Waals surface area (Å²) in [5, 5.41) is 8.52. The number of urea groups is 1. The second kappa shape index (κ2) is 8.34. The van der Waals surface area contributed by atoms with E-state index in [0.717, 1.165) is 17.1 Å². The van der Waals surface area contributed by atoms with Gasteiger partial charge in [0.05, 0.1) is 19.3 Å². The normalized spacial score (nSPS) is 22.0. The quantitative estimate of drug-likeness (QED) is 0.794. The van der Waals surface area contributed by atoms with Crippen LogP contribution in [0.1, 0.15) is 43.3 Å². The van der Waals surface area contributed by atoms with Crippen LogP contribution in [0.2, 0.25) is 0 Å². The number of carbonyl (C=O) groups excluding carboxylic acids is 1. The zero-order valence-electron chi connectivity index (χ0n) is 12.9. The largest absolute Gasteiger partial charge is 0.376 e. The second-order valence-electron chi connectivity index (χ2n) is 5.66. The zero-order chi connectivity index (χ0) is 15.1. The van der Waals surface area contributed by atoms with Crippen molar-refractivity contribution in [1.82, 2.24) is 15.6 Å². The summed E-state index contributed by atoms with van der Waals surface area (Å²) >= 11 is 1.56. The molecule has 0 aliphatic heterocycles. The molecule has 2 atom stereocenters. The fraction of sp³-hybridized carbons (Fsp3) is 0.733. The number of carbonyl (C=O) groups is 1. The Bertz CT molecular complexity index is 450. The van der Waals surface area contributed by atoms with Crippen molar-refractivity contribution >= 4 is 17.4 Å². The van der Waals surface area contributed by atoms with Crippen LogP contribution in [0.15, 0.2) is 5.38 Å². The van der Waals surface area contributed by atoms with E-state index in [1.54, 1.807) is 11.3 Å². The Balaban J connectivity index is 1.54. The van der Waals surface area contributed by atoms with E-state index < -0.39 is 0 Å². The van der Waals surface area contributed by atoms with Crippen LogP contribution < -0.4 is 10.6 Å². The minimum Gasteiger partial charge on any atom is -0.376 e. The molecular weight excluding hydrogens is 286 g/mol. The van der Waals surface area contributed by atoms with Gasteiger partial charge >= 0.3 is 6.03 Å². The van der Waals surface area contributed by atoms with Crippen LogP contribution in [0.25, 0.3) is 0 Å². The Kier molecular flexibility index (Phi) is 6.45. The summed E-state index contributed by atoms with van der Waals surface area (Å²) in [7, 11) is 0. The molecule has 2 unspecified atom stereocenters. The number of hydrogen-bond acceptors (Lipinski definition) is 4. The number of hydrogen-bond donors (Lipinski definition) is 2. The minimum absolute atomic E-state index is 0.164. The molecule has 1 saturated carbocycles. The molecule has 6 heteroatoms. The van der Waals surface area contributed by atoms with Crippen LogP contribution in [0, 0.1) is 12.8 Å². The monoisotopic (exact) mass is 311 g/mol. The molecule has 0 bridgehead atoms. The molecule has 21 heavy (non-hydrogen) atoms. The first kappa shape index (κ1) is 16.2. The number of rotatable bonds is 6. The van der Waals surface area contributed by atoms with Crippen molar-refractivity contribution in [2.45, 2.75) is 52.2 Å². The van der Waals surface area contributed by atoms with Crippen LogP contribution in [0.4, 0.5) is 4.79 Å². The first-order valence-corrected chi connectivity index (χ1v) is 8.57. The first-order chi connectivity index (χ1) is 10.1. The maximum absolute atomic E-state index is 11.6. The van der Waals surface area contributed by atoms with Crippen molar-refractivity contribution in [3.8, 4) is 0 Å². The number of amides is 2. The third kappa shape index (κ3) is 5.63. The SMILES string of the molecule is Cc1csc(CNC(=O)NCCOC2CCCCC2C)n1. The predicted octanol–water partition coefficient (Wildman–Crippen LogP) is 2.85. The van der Waals surface area contributed by atoms with E-state index in [2.05, 4.69) is 22.5 Å². The van der Waals surface area contributed by atoms with Gasteiger partial charge in [0.1, 0.15) is 5.01 Å². The Morgan fingerprint density at radius 3 is 2.95 bits per heavy atom. The molecule has 1 aliphatic carbocycles. The average molecular weight is 311 g/mol. The fourth-order valence-electron chi connectivity index (χ4n) is 2.61. The van der Waals surface area contributed by atoms with Gasteiger partial charge in [-0.25, -0.2) is 9.78 Å². The van der Waals surface area contributed by atoms with Gasteiger partial charge in [0.25, 0.3) is 0 Å². The average Bonchev–Trinajstić information content (AvgIpc) is 2.89. The maximum Gasteiger partial charge on any atom is 0.315 e. The number of nitrogens with one attached hydrogen (secondary N) is 2. The van der Waals surface area contributed by atoms with Crippen LogP contribution in [0.3, 0.4) is 0 Å². The highest BCUT2D eigenvalue weighted by Gasteiger charge is 2.21. The number of nitrogens with zero attached hydrogens (tertiary/aromatic N) is 1. The third-order valence-corrected chi connectivity index (χ3v) is 4.79. The summed E-state index contributed by atoms with van der Waals surface area (Å²) in [5.74, 6) is 0.640. The van der Waals surface area contributed by atoms with Crippen molar-refractivity contribution in [1.29, 1.82) is 0 Å². The number of thiazole rings is 1. The van der Waals surface area contributed by atoms with Gasteiger partial charge in [-0.05, 0) is 25.7 Å². The smallest absolute Gasteiger partial charge is 0.315 e. The van der Waals surface area contributed by atoms with Crippen LogP contribution in [-0.2, 0) is 11.3 Å². The fourth-order valence-corrected chi connectivity index (χ4v) is 3.32. The Hall–Kier alpha value is -1.14. The lowest BCUT2D eigenvalue weighted by Gasteiger charge is -2.28. The summed E-state index contributed by atoms with van der Waals surface area (Å²) in [6.45, 7) is 5.80. The lowest BCUT2D eigenvalue weighted by atomic mass is 9.88. The highest BCUT2D eigenvalue weighted by molar-refractivity contribution is 7.09. The van der Waals surface area contributed by atoms with Gasteiger partial charge < -0.3 is 15.4 Å². The molecule has 118 valence electrons. The summed E-state index contributed by atoms with van der Waals surface area (Å²) in [6, 6.07) is -0.164. The molecule has 1 aromatic rings. The van der Waals surface area contributed by atoms with Crippen LogP contribution >= 0.6 is 11.3 Å². The highest BCUT2D eigenvalue weighted by atomic mass is 32.1. The summed E-state index contributed by atoms with van der Waals surface area (Å²) in [4.78, 5) is 15.9. The summed E-state index contributed by atoms with van der Waals surface area (Å²) in [6.07, 6.45) is 5.35. The molecule has 1 aromatic heterocycles. The van der Waals surface area contributed by atoms with Crippen molar-refractivity contribution in [3.63, 3.8) is 0 Å². The van der Waals surface area contributed by atoms with E-state index >= 15 is 0 Å². The maximum atomic E-state index is 11.6. The molecule has 1 fully saturated rings. The Morgan fingerprint density at radius 1 is 1.43 bits per heavy atom. The van der Waals surface area contributed by atoms with E-state index in [4.69, 9.17) is 4.74 Å². The van der Waals surface area contributed by atoms with Gasteiger partial charge in [0, 0.05) is 17.6 Å². The van der Waals surface area contributed by atoms with Gasteiger partial charge in [-0.1, -0.05) is 19.8 Å². The molecule has 0 saturated heterocycles. The molecule has 0 aromatic carbocycles. The van der Waals surface area contributed by atoms with Gasteiger partial charge in [-0.3, -0.25) is 0 Å². The molecule has 5 nitrogen and oxygen atoms in total. The van der Waals surface area contributed by atoms with Crippen LogP contribution in [-0.4, -0.2) is 30.3 Å². The predicted molar refractivity (Wildman–Crippen MR) is 84.5 cm³/mol. The van der Waals surface area contributed by atoms with Crippen molar-refractivity contribution < 1.29 is 9.53 Å². The molecule has 2 rings (SSSR count). The minimum atomic E-state index is -0.164. The van der Waals surface area contributed by atoms with E-state index in [1.807, 2.05) is 12.3 Å². The van der Waals surface area contributed by atoms with Crippen molar-refractivity contribution in [3.05, 3.63) is 16.1 Å². The number of aryl methyl sites for hydroxylation is 1. The van der Waals surface area contributed by atoms with Crippen molar-refractivity contribution in [2.24, 2.45) is 5.92 Å². The Labute approximate surface area is 130 Å². The molecule has 1 heterocycles. The van der Waals surface area contributed by atoms with Crippen molar-refractivity contribution in [2.75, 3.05) is 13.2 Å². The summed E-state index contributed by atoms with van der Waals surface area (Å²) in [5.41, 5.74) is 0.993. The number of ether oxygens (including phenoxy) is 1. The molecule has 2 N–H and O–H groups in total. The topological polar surface area (TPSA) is 63.2 Å². The molecule has 0 spiro atoms. The lowest BCUT2D eigenvalue weighted by molar-refractivity contribution is -0.00243. The van der Waals surface area contributed by atoms with E-state index in [9.17, 15) is 4.79 Å². The number of aromatic nitrogens is 1. The van der Waals surface area contributed by atoms with Gasteiger partial charge in [-0.15, -0.1) is 11.3 Å². The molecule has 1 aliphatic rings. The van der Waals surface area contributed by atoms with E-state index in [1.165, 1.54) is 19.3 Å². The van der Waals surface area contributed by atoms with Crippen LogP contribution in [0.5, 0.6) is 0 Å². The lowest BCUT2D eigenvalue weighted by Crippen LogP contribution is -2.38. The van der Waals surface area contributed by atoms with Gasteiger partial charge in [0.2, 0.25) is 0 Å². The molecule has 0 radical (unpaired) electrons. The molecule has 2 amide bonds. The summed E-state index contributed by atoms with van der Waals surface area (Å²) < 4.78 is 5.86. The van der Waals surface area contributed by atoms with Gasteiger partial charge in [-0.2, -0.15) is 0 Å².